The van der Waals surface area contributed by atoms with Crippen LogP contribution in [0.5, 0.6) is 0 Å². The zero-order chi connectivity index (χ0) is 14.5. The van der Waals surface area contributed by atoms with E-state index in [1.54, 1.807) is 12.1 Å². The molecular formula is C15H10F2N2O. The summed E-state index contributed by atoms with van der Waals surface area (Å²) >= 11 is 0. The Morgan fingerprint density at radius 3 is 2.75 bits per heavy atom. The van der Waals surface area contributed by atoms with Gasteiger partial charge in [-0.1, -0.05) is 6.07 Å². The van der Waals surface area contributed by atoms with Crippen LogP contribution >= 0.6 is 0 Å². The van der Waals surface area contributed by atoms with E-state index < -0.39 is 17.5 Å². The van der Waals surface area contributed by atoms with Gasteiger partial charge in [-0.15, -0.1) is 0 Å². The first-order valence-corrected chi connectivity index (χ1v) is 5.82. The molecule has 2 rings (SSSR count). The van der Waals surface area contributed by atoms with E-state index in [9.17, 15) is 13.6 Å². The summed E-state index contributed by atoms with van der Waals surface area (Å²) in [6, 6.07) is 11.1. The summed E-state index contributed by atoms with van der Waals surface area (Å²) in [4.78, 5) is 11.8. The average Bonchev–Trinajstić information content (AvgIpc) is 2.48. The topological polar surface area (TPSA) is 52.9 Å². The van der Waals surface area contributed by atoms with Crippen molar-refractivity contribution in [1.29, 1.82) is 5.26 Å². The fourth-order valence-electron chi connectivity index (χ4n) is 1.69. The molecule has 0 heterocycles. The van der Waals surface area contributed by atoms with Crippen LogP contribution in [0.15, 0.2) is 42.5 Å². The number of nitrogens with zero attached hydrogens (tertiary/aromatic N) is 1. The number of benzene rings is 2. The summed E-state index contributed by atoms with van der Waals surface area (Å²) in [6.07, 6.45) is 0. The summed E-state index contributed by atoms with van der Waals surface area (Å²) in [7, 11) is 0. The first-order valence-electron chi connectivity index (χ1n) is 5.82. The number of hydrogen-bond donors (Lipinski definition) is 1. The highest BCUT2D eigenvalue weighted by Crippen LogP contribution is 2.10. The normalized spacial score (nSPS) is 9.85. The molecule has 1 N–H and O–H groups in total. The van der Waals surface area contributed by atoms with Gasteiger partial charge in [0, 0.05) is 17.7 Å². The molecule has 100 valence electrons. The van der Waals surface area contributed by atoms with Crippen LogP contribution < -0.4 is 5.32 Å². The van der Waals surface area contributed by atoms with E-state index in [-0.39, 0.29) is 12.1 Å². The average molecular weight is 272 g/mol. The lowest BCUT2D eigenvalue weighted by atomic mass is 10.1. The van der Waals surface area contributed by atoms with Crippen LogP contribution in [-0.2, 0) is 6.54 Å². The molecule has 0 bridgehead atoms. The minimum absolute atomic E-state index is 0.0646. The third-order valence-electron chi connectivity index (χ3n) is 2.70. The minimum Gasteiger partial charge on any atom is -0.348 e. The predicted octanol–water partition coefficient (Wildman–Crippen LogP) is 2.77. The Hall–Kier alpha value is -2.74. The van der Waals surface area contributed by atoms with E-state index in [1.807, 2.05) is 6.07 Å². The monoisotopic (exact) mass is 272 g/mol. The predicted molar refractivity (Wildman–Crippen MR) is 68.7 cm³/mol. The summed E-state index contributed by atoms with van der Waals surface area (Å²) in [6.45, 7) is -0.126. The second-order valence-corrected chi connectivity index (χ2v) is 4.11. The number of hydrogen-bond acceptors (Lipinski definition) is 2. The van der Waals surface area contributed by atoms with Crippen molar-refractivity contribution in [1.82, 2.24) is 5.32 Å². The quantitative estimate of drug-likeness (QED) is 0.934. The van der Waals surface area contributed by atoms with E-state index in [0.29, 0.717) is 11.1 Å². The van der Waals surface area contributed by atoms with Crippen molar-refractivity contribution in [2.45, 2.75) is 6.54 Å². The summed E-state index contributed by atoms with van der Waals surface area (Å²) < 4.78 is 26.4. The van der Waals surface area contributed by atoms with Crippen LogP contribution in [0.4, 0.5) is 8.78 Å². The summed E-state index contributed by atoms with van der Waals surface area (Å²) in [5.74, 6) is -1.61. The van der Waals surface area contributed by atoms with Gasteiger partial charge in [-0.2, -0.15) is 5.26 Å². The summed E-state index contributed by atoms with van der Waals surface area (Å²) in [5, 5.41) is 11.2. The van der Waals surface area contributed by atoms with Crippen molar-refractivity contribution in [2.24, 2.45) is 0 Å². The second kappa shape index (κ2) is 5.93. The molecule has 0 spiro atoms. The van der Waals surface area contributed by atoms with Crippen molar-refractivity contribution in [3.63, 3.8) is 0 Å². The van der Waals surface area contributed by atoms with Crippen molar-refractivity contribution in [3.8, 4) is 6.07 Å². The van der Waals surface area contributed by atoms with Crippen molar-refractivity contribution in [3.05, 3.63) is 70.8 Å². The van der Waals surface area contributed by atoms with Gasteiger partial charge in [-0.3, -0.25) is 4.79 Å². The molecule has 2 aromatic carbocycles. The van der Waals surface area contributed by atoms with Gasteiger partial charge >= 0.3 is 0 Å². The molecule has 0 fully saturated rings. The van der Waals surface area contributed by atoms with Gasteiger partial charge in [0.2, 0.25) is 0 Å². The lowest BCUT2D eigenvalue weighted by Crippen LogP contribution is -2.23. The highest BCUT2D eigenvalue weighted by Gasteiger charge is 2.08. The standard InChI is InChI=1S/C15H10F2N2O/c16-13-4-5-14(17)12(7-13)9-19-15(20)11-3-1-2-10(6-11)8-18/h1-7H,9H2,(H,19,20). The van der Waals surface area contributed by atoms with Crippen LogP contribution in [0.3, 0.4) is 0 Å². The molecule has 0 unspecified atom stereocenters. The van der Waals surface area contributed by atoms with Gasteiger partial charge in [-0.25, -0.2) is 8.78 Å². The molecule has 5 heteroatoms. The lowest BCUT2D eigenvalue weighted by Gasteiger charge is -2.06. The lowest BCUT2D eigenvalue weighted by molar-refractivity contribution is 0.0950. The first-order chi connectivity index (χ1) is 9.60. The van der Waals surface area contributed by atoms with Gasteiger partial charge in [0.25, 0.3) is 5.91 Å². The number of nitriles is 1. The number of carbonyl (C=O) groups is 1. The Balaban J connectivity index is 2.09. The number of halogens is 2. The van der Waals surface area contributed by atoms with Crippen molar-refractivity contribution < 1.29 is 13.6 Å². The van der Waals surface area contributed by atoms with E-state index >= 15 is 0 Å². The molecule has 20 heavy (non-hydrogen) atoms. The zero-order valence-corrected chi connectivity index (χ0v) is 10.4. The summed E-state index contributed by atoms with van der Waals surface area (Å²) in [5.41, 5.74) is 0.713. The Labute approximate surface area is 114 Å². The SMILES string of the molecule is N#Cc1cccc(C(=O)NCc2cc(F)ccc2F)c1. The zero-order valence-electron chi connectivity index (χ0n) is 10.4. The fourth-order valence-corrected chi connectivity index (χ4v) is 1.69. The maximum atomic E-state index is 13.4. The molecule has 1 amide bonds. The third-order valence-corrected chi connectivity index (χ3v) is 2.70. The Morgan fingerprint density at radius 2 is 2.00 bits per heavy atom. The van der Waals surface area contributed by atoms with E-state index in [4.69, 9.17) is 5.26 Å². The van der Waals surface area contributed by atoms with E-state index in [1.165, 1.54) is 12.1 Å². The number of nitrogens with one attached hydrogen (secondary N) is 1. The van der Waals surface area contributed by atoms with Crippen LogP contribution in [0.1, 0.15) is 21.5 Å². The molecule has 0 aromatic heterocycles. The number of amides is 1. The molecule has 0 aliphatic rings. The maximum absolute atomic E-state index is 13.4. The van der Waals surface area contributed by atoms with Crippen LogP contribution in [0, 0.1) is 23.0 Å². The maximum Gasteiger partial charge on any atom is 0.251 e. The molecule has 0 saturated heterocycles. The van der Waals surface area contributed by atoms with E-state index in [0.717, 1.165) is 18.2 Å². The van der Waals surface area contributed by atoms with Crippen LogP contribution in [0.25, 0.3) is 0 Å². The molecule has 0 aliphatic heterocycles. The molecule has 2 aromatic rings. The van der Waals surface area contributed by atoms with Crippen molar-refractivity contribution >= 4 is 5.91 Å². The molecule has 0 atom stereocenters. The van der Waals surface area contributed by atoms with E-state index in [2.05, 4.69) is 5.32 Å². The fraction of sp³-hybridized carbons (Fsp3) is 0.0667. The highest BCUT2D eigenvalue weighted by molar-refractivity contribution is 5.94. The van der Waals surface area contributed by atoms with Crippen LogP contribution in [0.2, 0.25) is 0 Å². The number of rotatable bonds is 3. The largest absolute Gasteiger partial charge is 0.348 e. The number of carbonyl (C=O) groups excluding carboxylic acids is 1. The molecule has 0 radical (unpaired) electrons. The molecule has 3 nitrogen and oxygen atoms in total. The Kier molecular flexibility index (Phi) is 4.06. The van der Waals surface area contributed by atoms with Crippen molar-refractivity contribution in [2.75, 3.05) is 0 Å². The van der Waals surface area contributed by atoms with Gasteiger partial charge < -0.3 is 5.32 Å². The van der Waals surface area contributed by atoms with Crippen LogP contribution in [-0.4, -0.2) is 5.91 Å². The molecular weight excluding hydrogens is 262 g/mol. The minimum atomic E-state index is -0.586. The Morgan fingerprint density at radius 1 is 1.20 bits per heavy atom. The van der Waals surface area contributed by atoms with Gasteiger partial charge in [-0.05, 0) is 36.4 Å². The first kappa shape index (κ1) is 13.7. The van der Waals surface area contributed by atoms with Gasteiger partial charge in [0.1, 0.15) is 11.6 Å². The third kappa shape index (κ3) is 3.18. The molecule has 0 saturated carbocycles. The van der Waals surface area contributed by atoms with Gasteiger partial charge in [0.05, 0.1) is 11.6 Å². The smallest absolute Gasteiger partial charge is 0.251 e. The molecule has 0 aliphatic carbocycles. The Bertz CT molecular complexity index is 693. The van der Waals surface area contributed by atoms with Gasteiger partial charge in [0.15, 0.2) is 0 Å². The second-order valence-electron chi connectivity index (χ2n) is 4.11. The highest BCUT2D eigenvalue weighted by atomic mass is 19.1.